The summed E-state index contributed by atoms with van der Waals surface area (Å²) in [4.78, 5) is 13.2. The molecule has 4 rings (SSSR count). The molecule has 1 aliphatic heterocycles. The van der Waals surface area contributed by atoms with Crippen LogP contribution in [0, 0.1) is 6.92 Å². The van der Waals surface area contributed by atoms with E-state index < -0.39 is 9.84 Å². The number of carbonyl (C=O) groups excluding carboxylic acids is 1. The van der Waals surface area contributed by atoms with Gasteiger partial charge in [-0.3, -0.25) is 9.48 Å². The first kappa shape index (κ1) is 18.0. The van der Waals surface area contributed by atoms with Crippen LogP contribution in [0.25, 0.3) is 0 Å². The maximum Gasteiger partial charge on any atom is 0.274 e. The van der Waals surface area contributed by atoms with Crippen molar-refractivity contribution in [2.75, 3.05) is 23.9 Å². The number of hydrogen-bond donors (Lipinski definition) is 1. The zero-order chi connectivity index (χ0) is 19.2. The Hall–Kier alpha value is -2.35. The second-order valence-corrected chi connectivity index (χ2v) is 9.52. The second kappa shape index (κ2) is 6.67. The predicted octanol–water partition coefficient (Wildman–Crippen LogP) is 2.30. The van der Waals surface area contributed by atoms with Crippen molar-refractivity contribution in [2.24, 2.45) is 0 Å². The van der Waals surface area contributed by atoms with Crippen molar-refractivity contribution < 1.29 is 17.9 Å². The number of methoxy groups -OCH3 is 1. The van der Waals surface area contributed by atoms with Gasteiger partial charge in [0, 0.05) is 5.56 Å². The summed E-state index contributed by atoms with van der Waals surface area (Å²) in [7, 11) is -1.50. The van der Waals surface area contributed by atoms with Crippen LogP contribution in [0.3, 0.4) is 0 Å². The Kier molecular flexibility index (Phi) is 4.46. The fourth-order valence-electron chi connectivity index (χ4n) is 3.99. The Morgan fingerprint density at radius 2 is 2.15 bits per heavy atom. The van der Waals surface area contributed by atoms with Crippen molar-refractivity contribution in [1.29, 1.82) is 0 Å². The molecule has 1 fully saturated rings. The molecular formula is C19H23N3O4S. The van der Waals surface area contributed by atoms with Gasteiger partial charge in [0.15, 0.2) is 9.84 Å². The average molecular weight is 389 g/mol. The van der Waals surface area contributed by atoms with Gasteiger partial charge in [-0.05, 0) is 50.3 Å². The van der Waals surface area contributed by atoms with Gasteiger partial charge in [-0.15, -0.1) is 0 Å². The van der Waals surface area contributed by atoms with E-state index in [0.717, 1.165) is 36.1 Å². The number of hydrogen-bond acceptors (Lipinski definition) is 5. The zero-order valence-corrected chi connectivity index (χ0v) is 16.3. The molecule has 7 nitrogen and oxygen atoms in total. The summed E-state index contributed by atoms with van der Waals surface area (Å²) < 4.78 is 30.9. The summed E-state index contributed by atoms with van der Waals surface area (Å²) in [5.41, 5.74) is 3.96. The number of nitrogens with one attached hydrogen (secondary N) is 1. The molecule has 1 aromatic heterocycles. The predicted molar refractivity (Wildman–Crippen MR) is 102 cm³/mol. The third-order valence-electron chi connectivity index (χ3n) is 5.30. The maximum absolute atomic E-state index is 13.2. The monoisotopic (exact) mass is 389 g/mol. The van der Waals surface area contributed by atoms with Crippen LogP contribution in [0.5, 0.6) is 5.75 Å². The van der Waals surface area contributed by atoms with E-state index in [0.29, 0.717) is 23.6 Å². The van der Waals surface area contributed by atoms with Crippen LogP contribution >= 0.6 is 0 Å². The van der Waals surface area contributed by atoms with Gasteiger partial charge in [-0.25, -0.2) is 8.42 Å². The lowest BCUT2D eigenvalue weighted by Gasteiger charge is -2.16. The quantitative estimate of drug-likeness (QED) is 0.867. The minimum Gasteiger partial charge on any atom is -0.495 e. The van der Waals surface area contributed by atoms with E-state index in [1.165, 1.54) is 0 Å². The highest BCUT2D eigenvalue weighted by Crippen LogP contribution is 2.33. The first-order valence-corrected chi connectivity index (χ1v) is 11.0. The number of anilines is 1. The fraction of sp³-hybridized carbons (Fsp3) is 0.474. The maximum atomic E-state index is 13.2. The minimum atomic E-state index is -3.07. The number of aryl methyl sites for hydroxylation is 2. The van der Waals surface area contributed by atoms with Gasteiger partial charge < -0.3 is 10.1 Å². The molecule has 2 aliphatic rings. The Morgan fingerprint density at radius 3 is 2.85 bits per heavy atom. The van der Waals surface area contributed by atoms with Crippen molar-refractivity contribution in [3.63, 3.8) is 0 Å². The lowest BCUT2D eigenvalue weighted by Crippen LogP contribution is -2.23. The Labute approximate surface area is 158 Å². The van der Waals surface area contributed by atoms with Crippen molar-refractivity contribution in [3.05, 3.63) is 40.7 Å². The van der Waals surface area contributed by atoms with Crippen LogP contribution in [0.1, 0.15) is 46.2 Å². The minimum absolute atomic E-state index is 0.0433. The van der Waals surface area contributed by atoms with Crippen molar-refractivity contribution in [3.8, 4) is 5.75 Å². The summed E-state index contributed by atoms with van der Waals surface area (Å²) in [6.07, 6.45) is 3.09. The molecule has 1 aromatic carbocycles. The number of carbonyl (C=O) groups is 1. The molecule has 1 atom stereocenters. The Bertz CT molecular complexity index is 1010. The number of amides is 1. The topological polar surface area (TPSA) is 90.3 Å². The molecule has 1 amide bonds. The molecule has 0 bridgehead atoms. The van der Waals surface area contributed by atoms with Gasteiger partial charge in [0.2, 0.25) is 0 Å². The van der Waals surface area contributed by atoms with Crippen LogP contribution < -0.4 is 10.1 Å². The van der Waals surface area contributed by atoms with Gasteiger partial charge in [0.25, 0.3) is 5.91 Å². The lowest BCUT2D eigenvalue weighted by molar-refractivity contribution is 0.101. The highest BCUT2D eigenvalue weighted by atomic mass is 32.2. The summed E-state index contributed by atoms with van der Waals surface area (Å²) >= 11 is 0. The first-order chi connectivity index (χ1) is 12.9. The third kappa shape index (κ3) is 3.34. The molecule has 2 heterocycles. The van der Waals surface area contributed by atoms with Gasteiger partial charge >= 0.3 is 0 Å². The summed E-state index contributed by atoms with van der Waals surface area (Å²) in [5, 5.41) is 7.57. The number of aromatic nitrogens is 2. The number of benzene rings is 1. The molecule has 0 saturated carbocycles. The second-order valence-electron chi connectivity index (χ2n) is 7.29. The molecule has 1 N–H and O–H groups in total. The standard InChI is InChI=1S/C19H23N3O4S/c1-12-6-7-17(26-2)16(10-12)20-19(23)18-14-4-3-5-15(14)21-22(18)13-8-9-27(24,25)11-13/h6-7,10,13H,3-5,8-9,11H2,1-2H3,(H,20,23). The van der Waals surface area contributed by atoms with Crippen LogP contribution in [-0.2, 0) is 22.7 Å². The number of rotatable bonds is 4. The van der Waals surface area contributed by atoms with Crippen molar-refractivity contribution in [1.82, 2.24) is 9.78 Å². The average Bonchev–Trinajstić information content (AvgIpc) is 3.28. The number of sulfone groups is 1. The number of ether oxygens (including phenoxy) is 1. The van der Waals surface area contributed by atoms with E-state index in [1.54, 1.807) is 11.8 Å². The summed E-state index contributed by atoms with van der Waals surface area (Å²) in [6, 6.07) is 5.31. The molecule has 1 unspecified atom stereocenters. The smallest absolute Gasteiger partial charge is 0.274 e. The van der Waals surface area contributed by atoms with Crippen LogP contribution in [-0.4, -0.2) is 42.7 Å². The van der Waals surface area contributed by atoms with Crippen molar-refractivity contribution >= 4 is 21.4 Å². The Morgan fingerprint density at radius 1 is 1.33 bits per heavy atom. The van der Waals surface area contributed by atoms with E-state index in [2.05, 4.69) is 10.4 Å². The van der Waals surface area contributed by atoms with Gasteiger partial charge in [-0.2, -0.15) is 5.10 Å². The highest BCUT2D eigenvalue weighted by molar-refractivity contribution is 7.91. The van der Waals surface area contributed by atoms with E-state index in [9.17, 15) is 13.2 Å². The summed E-state index contributed by atoms with van der Waals surface area (Å²) in [6.45, 7) is 1.94. The molecule has 0 radical (unpaired) electrons. The molecule has 2 aromatic rings. The summed E-state index contributed by atoms with van der Waals surface area (Å²) in [5.74, 6) is 0.510. The van der Waals surface area contributed by atoms with Crippen LogP contribution in [0.15, 0.2) is 18.2 Å². The van der Waals surface area contributed by atoms with Crippen molar-refractivity contribution in [2.45, 2.75) is 38.6 Å². The molecule has 8 heteroatoms. The van der Waals surface area contributed by atoms with E-state index >= 15 is 0 Å². The molecule has 1 aliphatic carbocycles. The Balaban J connectivity index is 1.71. The van der Waals surface area contributed by atoms with Crippen LogP contribution in [0.2, 0.25) is 0 Å². The van der Waals surface area contributed by atoms with Gasteiger partial charge in [0.05, 0.1) is 36.0 Å². The molecule has 144 valence electrons. The normalized spacial score (nSPS) is 20.4. The largest absolute Gasteiger partial charge is 0.495 e. The molecule has 0 spiro atoms. The van der Waals surface area contributed by atoms with Crippen LogP contribution in [0.4, 0.5) is 5.69 Å². The van der Waals surface area contributed by atoms with E-state index in [4.69, 9.17) is 4.74 Å². The highest BCUT2D eigenvalue weighted by Gasteiger charge is 2.35. The van der Waals surface area contributed by atoms with Gasteiger partial charge in [0.1, 0.15) is 11.4 Å². The molecular weight excluding hydrogens is 366 g/mol. The lowest BCUT2D eigenvalue weighted by atomic mass is 10.1. The number of nitrogens with zero attached hydrogens (tertiary/aromatic N) is 2. The fourth-order valence-corrected chi connectivity index (χ4v) is 5.68. The first-order valence-electron chi connectivity index (χ1n) is 9.14. The molecule has 27 heavy (non-hydrogen) atoms. The zero-order valence-electron chi connectivity index (χ0n) is 15.5. The van der Waals surface area contributed by atoms with E-state index in [-0.39, 0.29) is 23.5 Å². The van der Waals surface area contributed by atoms with Gasteiger partial charge in [-0.1, -0.05) is 6.07 Å². The SMILES string of the molecule is COc1ccc(C)cc1NC(=O)c1c2c(nn1C1CCS(=O)(=O)C1)CCC2. The number of fused-ring (bicyclic) bond motifs is 1. The molecule has 1 saturated heterocycles. The third-order valence-corrected chi connectivity index (χ3v) is 7.05. The van der Waals surface area contributed by atoms with E-state index in [1.807, 2.05) is 25.1 Å².